The summed E-state index contributed by atoms with van der Waals surface area (Å²) in [5.41, 5.74) is 14.3. The van der Waals surface area contributed by atoms with Crippen LogP contribution in [0.25, 0.3) is 0 Å². The molecule has 0 saturated heterocycles. The van der Waals surface area contributed by atoms with Crippen LogP contribution < -0.4 is 16.8 Å². The van der Waals surface area contributed by atoms with Gasteiger partial charge in [-0.2, -0.15) is 0 Å². The second-order valence-electron chi connectivity index (χ2n) is 3.87. The molecular formula is C13H15N5. The molecule has 0 unspecified atom stereocenters. The van der Waals surface area contributed by atoms with Gasteiger partial charge >= 0.3 is 0 Å². The van der Waals surface area contributed by atoms with Gasteiger partial charge in [0.2, 0.25) is 0 Å². The van der Waals surface area contributed by atoms with Crippen molar-refractivity contribution in [2.24, 2.45) is 11.5 Å². The lowest BCUT2D eigenvalue weighted by Crippen LogP contribution is -2.13. The number of nitrogens with two attached hydrogens (primary N) is 2. The summed E-state index contributed by atoms with van der Waals surface area (Å²) in [4.78, 5) is 4.00. The predicted molar refractivity (Wildman–Crippen MR) is 72.9 cm³/mol. The molecule has 0 radical (unpaired) electrons. The van der Waals surface area contributed by atoms with Gasteiger partial charge in [-0.05, 0) is 29.8 Å². The number of nitrogens with one attached hydrogen (secondary N) is 2. The van der Waals surface area contributed by atoms with Crippen LogP contribution in [0.2, 0.25) is 0 Å². The first-order valence-corrected chi connectivity index (χ1v) is 5.55. The highest BCUT2D eigenvalue weighted by atomic mass is 14.9. The highest BCUT2D eigenvalue weighted by Gasteiger charge is 2.01. The molecule has 6 N–H and O–H groups in total. The Morgan fingerprint density at radius 3 is 2.72 bits per heavy atom. The fraction of sp³-hybridized carbons (Fsp3) is 0.0769. The van der Waals surface area contributed by atoms with Crippen LogP contribution in [0.15, 0.2) is 42.6 Å². The van der Waals surface area contributed by atoms with E-state index in [9.17, 15) is 0 Å². The number of nitrogen functional groups attached to an aromatic ring is 1. The molecule has 0 amide bonds. The minimum absolute atomic E-state index is 0.0469. The molecule has 2 rings (SSSR count). The number of pyridine rings is 1. The van der Waals surface area contributed by atoms with Gasteiger partial charge in [0, 0.05) is 24.1 Å². The third-order valence-electron chi connectivity index (χ3n) is 2.49. The van der Waals surface area contributed by atoms with Gasteiger partial charge in [-0.25, -0.2) is 0 Å². The molecule has 5 heteroatoms. The van der Waals surface area contributed by atoms with E-state index >= 15 is 0 Å². The Morgan fingerprint density at radius 2 is 2.00 bits per heavy atom. The molecule has 0 saturated carbocycles. The van der Waals surface area contributed by atoms with Crippen molar-refractivity contribution >= 4 is 17.2 Å². The third-order valence-corrected chi connectivity index (χ3v) is 2.49. The Bertz CT molecular complexity index is 565. The van der Waals surface area contributed by atoms with Crippen molar-refractivity contribution in [2.75, 3.05) is 5.32 Å². The summed E-state index contributed by atoms with van der Waals surface area (Å²) in [6.45, 7) is 0.505. The zero-order valence-electron chi connectivity index (χ0n) is 9.85. The topological polar surface area (TPSA) is 101 Å². The summed E-state index contributed by atoms with van der Waals surface area (Å²) in [6.07, 6.45) is 1.62. The number of aromatic nitrogens is 1. The molecule has 1 heterocycles. The summed E-state index contributed by atoms with van der Waals surface area (Å²) >= 11 is 0. The summed E-state index contributed by atoms with van der Waals surface area (Å²) < 4.78 is 0. The Morgan fingerprint density at radius 1 is 1.22 bits per heavy atom. The first-order chi connectivity index (χ1) is 8.69. The van der Waals surface area contributed by atoms with Gasteiger partial charge in [-0.15, -0.1) is 0 Å². The number of hydrogen-bond acceptors (Lipinski definition) is 4. The van der Waals surface area contributed by atoms with Crippen LogP contribution in [0.4, 0.5) is 11.4 Å². The van der Waals surface area contributed by atoms with Crippen LogP contribution in [0.3, 0.4) is 0 Å². The third kappa shape index (κ3) is 2.83. The lowest BCUT2D eigenvalue weighted by atomic mass is 10.2. The van der Waals surface area contributed by atoms with Gasteiger partial charge in [0.15, 0.2) is 0 Å². The van der Waals surface area contributed by atoms with Crippen molar-refractivity contribution in [2.45, 2.75) is 6.54 Å². The van der Waals surface area contributed by atoms with Crippen molar-refractivity contribution < 1.29 is 0 Å². The van der Waals surface area contributed by atoms with Crippen molar-refractivity contribution in [1.29, 1.82) is 5.41 Å². The number of rotatable bonds is 4. The maximum atomic E-state index is 7.35. The van der Waals surface area contributed by atoms with Crippen LogP contribution in [-0.2, 0) is 6.54 Å². The van der Waals surface area contributed by atoms with Crippen molar-refractivity contribution in [3.8, 4) is 0 Å². The quantitative estimate of drug-likeness (QED) is 0.482. The highest BCUT2D eigenvalue weighted by Crippen LogP contribution is 2.17. The van der Waals surface area contributed by atoms with Crippen molar-refractivity contribution in [3.05, 3.63) is 53.9 Å². The van der Waals surface area contributed by atoms with Gasteiger partial charge < -0.3 is 16.8 Å². The number of benzene rings is 1. The van der Waals surface area contributed by atoms with Crippen LogP contribution in [0.1, 0.15) is 11.3 Å². The zero-order valence-corrected chi connectivity index (χ0v) is 9.85. The van der Waals surface area contributed by atoms with Gasteiger partial charge in [0.1, 0.15) is 11.5 Å². The van der Waals surface area contributed by atoms with E-state index in [0.29, 0.717) is 12.2 Å². The van der Waals surface area contributed by atoms with E-state index in [1.54, 1.807) is 12.3 Å². The molecule has 0 atom stereocenters. The first-order valence-electron chi connectivity index (χ1n) is 5.55. The van der Waals surface area contributed by atoms with E-state index in [1.165, 1.54) is 0 Å². The molecule has 0 aliphatic heterocycles. The maximum Gasteiger partial charge on any atom is 0.141 e. The van der Waals surface area contributed by atoms with E-state index in [1.807, 2.05) is 30.3 Å². The van der Waals surface area contributed by atoms with Gasteiger partial charge in [0.25, 0.3) is 0 Å². The average molecular weight is 241 g/mol. The van der Waals surface area contributed by atoms with E-state index in [-0.39, 0.29) is 5.84 Å². The number of amidine groups is 1. The van der Waals surface area contributed by atoms with Gasteiger partial charge in [-0.3, -0.25) is 10.4 Å². The molecule has 1 aromatic carbocycles. The van der Waals surface area contributed by atoms with Crippen LogP contribution >= 0.6 is 0 Å². The minimum Gasteiger partial charge on any atom is -0.382 e. The minimum atomic E-state index is -0.0469. The van der Waals surface area contributed by atoms with Crippen LogP contribution in [0, 0.1) is 5.41 Å². The van der Waals surface area contributed by atoms with Crippen LogP contribution in [0.5, 0.6) is 0 Å². The Kier molecular flexibility index (Phi) is 3.54. The van der Waals surface area contributed by atoms with Crippen molar-refractivity contribution in [1.82, 2.24) is 4.98 Å². The molecule has 2 aromatic rings. The smallest absolute Gasteiger partial charge is 0.141 e. The molecule has 0 spiro atoms. The molecule has 0 aliphatic rings. The molecule has 92 valence electrons. The summed E-state index contributed by atoms with van der Waals surface area (Å²) in [5.74, 6) is -0.0469. The van der Waals surface area contributed by atoms with E-state index < -0.39 is 0 Å². The van der Waals surface area contributed by atoms with Gasteiger partial charge in [-0.1, -0.05) is 12.1 Å². The largest absolute Gasteiger partial charge is 0.382 e. The monoisotopic (exact) mass is 241 g/mol. The second-order valence-corrected chi connectivity index (χ2v) is 3.87. The lowest BCUT2D eigenvalue weighted by Gasteiger charge is -2.08. The molecule has 0 fully saturated rings. The Balaban J connectivity index is 2.22. The molecule has 0 aliphatic carbocycles. The van der Waals surface area contributed by atoms with Crippen LogP contribution in [-0.4, -0.2) is 10.8 Å². The SMILES string of the molecule is N=C(N)c1cc(Nc2cccc(CN)c2)ccn1. The average Bonchev–Trinajstić information content (AvgIpc) is 2.39. The standard InChI is InChI=1S/C13H15N5/c14-8-9-2-1-3-10(6-9)18-11-4-5-17-12(7-11)13(15)16/h1-7H,8,14H2,(H3,15,16)(H,17,18). The zero-order chi connectivity index (χ0) is 13.0. The summed E-state index contributed by atoms with van der Waals surface area (Å²) in [7, 11) is 0. The maximum absolute atomic E-state index is 7.35. The highest BCUT2D eigenvalue weighted by molar-refractivity contribution is 5.93. The second kappa shape index (κ2) is 5.29. The molecular weight excluding hydrogens is 226 g/mol. The molecule has 0 bridgehead atoms. The number of anilines is 2. The number of hydrogen-bond donors (Lipinski definition) is 4. The van der Waals surface area contributed by atoms with E-state index in [0.717, 1.165) is 16.9 Å². The Labute approximate surface area is 105 Å². The van der Waals surface area contributed by atoms with Crippen molar-refractivity contribution in [3.63, 3.8) is 0 Å². The molecule has 5 nitrogen and oxygen atoms in total. The number of nitrogens with zero attached hydrogens (tertiary/aromatic N) is 1. The molecule has 1 aromatic heterocycles. The van der Waals surface area contributed by atoms with E-state index in [4.69, 9.17) is 16.9 Å². The fourth-order valence-electron chi connectivity index (χ4n) is 1.60. The van der Waals surface area contributed by atoms with E-state index in [2.05, 4.69) is 10.3 Å². The Hall–Kier alpha value is -2.40. The lowest BCUT2D eigenvalue weighted by molar-refractivity contribution is 1.07. The fourth-order valence-corrected chi connectivity index (χ4v) is 1.60. The first kappa shape index (κ1) is 12.1. The molecule has 18 heavy (non-hydrogen) atoms. The predicted octanol–water partition coefficient (Wildman–Crippen LogP) is 1.57. The summed E-state index contributed by atoms with van der Waals surface area (Å²) in [6, 6.07) is 11.4. The van der Waals surface area contributed by atoms with Gasteiger partial charge in [0.05, 0.1) is 0 Å². The normalized spacial score (nSPS) is 10.1. The summed E-state index contributed by atoms with van der Waals surface area (Å²) in [5, 5.41) is 10.6.